The Labute approximate surface area is 145 Å². The largest absolute Gasteiger partial charge is 0.475 e. The first-order valence-corrected chi connectivity index (χ1v) is 8.53. The van der Waals surface area contributed by atoms with Crippen LogP contribution < -0.4 is 15.6 Å². The van der Waals surface area contributed by atoms with Gasteiger partial charge in [0.05, 0.1) is 6.04 Å². The Morgan fingerprint density at radius 1 is 1.16 bits per heavy atom. The predicted molar refractivity (Wildman–Crippen MR) is 97.9 cm³/mol. The molecule has 6 nitrogen and oxygen atoms in total. The van der Waals surface area contributed by atoms with Crippen LogP contribution in [0.4, 0.5) is 0 Å². The highest BCUT2D eigenvalue weighted by molar-refractivity contribution is 5.99. The van der Waals surface area contributed by atoms with E-state index in [1.165, 1.54) is 0 Å². The van der Waals surface area contributed by atoms with Crippen molar-refractivity contribution in [1.82, 2.24) is 15.3 Å². The summed E-state index contributed by atoms with van der Waals surface area (Å²) in [5, 5.41) is 6.11. The van der Waals surface area contributed by atoms with Gasteiger partial charge in [-0.1, -0.05) is 13.8 Å². The number of nitrogens with one attached hydrogen (secondary N) is 2. The second kappa shape index (κ2) is 7.34. The molecule has 3 aromatic rings. The zero-order valence-corrected chi connectivity index (χ0v) is 14.3. The minimum Gasteiger partial charge on any atom is -0.475 e. The molecule has 130 valence electrons. The number of hydrogen-bond acceptors (Lipinski definition) is 4. The maximum atomic E-state index is 11.9. The number of carbonyl (C=O) groups is 1. The van der Waals surface area contributed by atoms with Crippen LogP contribution in [-0.2, 0) is 4.79 Å². The molecule has 1 saturated heterocycles. The van der Waals surface area contributed by atoms with E-state index in [4.69, 9.17) is 4.74 Å². The van der Waals surface area contributed by atoms with Gasteiger partial charge < -0.3 is 15.0 Å². The standard InChI is InChI=1S/C17H15N3O3.C2H6/c21-15-2-1-12(20-15)9-23-17-14-8-10-3-5-18-16(22)13(10)7-11(14)4-6-19-17;1-2/h3-8,12H,1-2,9H2,(H,18,22)(H,20,21);1-2H3. The van der Waals surface area contributed by atoms with Gasteiger partial charge in [-0.15, -0.1) is 0 Å². The first-order valence-electron chi connectivity index (χ1n) is 8.53. The van der Waals surface area contributed by atoms with E-state index in [9.17, 15) is 9.59 Å². The maximum Gasteiger partial charge on any atom is 0.255 e. The van der Waals surface area contributed by atoms with E-state index in [1.807, 2.05) is 38.1 Å². The van der Waals surface area contributed by atoms with Gasteiger partial charge >= 0.3 is 0 Å². The molecule has 1 unspecified atom stereocenters. The number of ether oxygens (including phenoxy) is 1. The number of carbonyl (C=O) groups excluding carboxylic acids is 1. The molecule has 3 heterocycles. The molecule has 0 radical (unpaired) electrons. The molecule has 6 heteroatoms. The molecule has 1 aromatic carbocycles. The Morgan fingerprint density at radius 2 is 1.92 bits per heavy atom. The lowest BCUT2D eigenvalue weighted by Gasteiger charge is -2.13. The van der Waals surface area contributed by atoms with Crippen LogP contribution >= 0.6 is 0 Å². The molecule has 1 aliphatic heterocycles. The van der Waals surface area contributed by atoms with Crippen molar-refractivity contribution in [1.29, 1.82) is 0 Å². The quantitative estimate of drug-likeness (QED) is 0.719. The minimum atomic E-state index is -0.114. The van der Waals surface area contributed by atoms with Gasteiger partial charge in [0, 0.05) is 29.6 Å². The molecular weight excluding hydrogens is 318 g/mol. The van der Waals surface area contributed by atoms with Gasteiger partial charge in [0.1, 0.15) is 6.61 Å². The molecule has 4 rings (SSSR count). The number of amides is 1. The lowest BCUT2D eigenvalue weighted by atomic mass is 10.1. The van der Waals surface area contributed by atoms with Crippen LogP contribution in [0.5, 0.6) is 5.88 Å². The summed E-state index contributed by atoms with van der Waals surface area (Å²) >= 11 is 0. The second-order valence-electron chi connectivity index (χ2n) is 5.70. The van der Waals surface area contributed by atoms with Gasteiger partial charge in [0.25, 0.3) is 5.56 Å². The van der Waals surface area contributed by atoms with E-state index in [2.05, 4.69) is 15.3 Å². The summed E-state index contributed by atoms with van der Waals surface area (Å²) in [4.78, 5) is 30.1. The Balaban J connectivity index is 0.000000880. The first kappa shape index (κ1) is 17.0. The van der Waals surface area contributed by atoms with Gasteiger partial charge in [-0.25, -0.2) is 4.98 Å². The number of rotatable bonds is 3. The Hall–Kier alpha value is -2.89. The highest BCUT2D eigenvalue weighted by Gasteiger charge is 2.21. The Kier molecular flexibility index (Phi) is 4.97. The monoisotopic (exact) mass is 339 g/mol. The zero-order valence-electron chi connectivity index (χ0n) is 14.3. The molecular formula is C19H21N3O3. The topological polar surface area (TPSA) is 84.1 Å². The first-order chi connectivity index (χ1) is 12.2. The summed E-state index contributed by atoms with van der Waals surface area (Å²) in [5.74, 6) is 0.584. The molecule has 2 N–H and O–H groups in total. The molecule has 1 fully saturated rings. The molecule has 0 bridgehead atoms. The van der Waals surface area contributed by atoms with Crippen LogP contribution in [0.15, 0.2) is 41.5 Å². The maximum absolute atomic E-state index is 11.9. The van der Waals surface area contributed by atoms with Crippen molar-refractivity contribution < 1.29 is 9.53 Å². The van der Waals surface area contributed by atoms with Gasteiger partial charge in [-0.2, -0.15) is 0 Å². The van der Waals surface area contributed by atoms with E-state index in [-0.39, 0.29) is 17.5 Å². The van der Waals surface area contributed by atoms with Crippen molar-refractivity contribution in [3.05, 3.63) is 47.0 Å². The van der Waals surface area contributed by atoms with Crippen LogP contribution in [0.25, 0.3) is 21.5 Å². The van der Waals surface area contributed by atoms with Crippen molar-refractivity contribution in [2.24, 2.45) is 0 Å². The summed E-state index contributed by atoms with van der Waals surface area (Å²) < 4.78 is 5.82. The third-order valence-electron chi connectivity index (χ3n) is 4.13. The van der Waals surface area contributed by atoms with E-state index in [1.54, 1.807) is 12.4 Å². The Morgan fingerprint density at radius 3 is 2.68 bits per heavy atom. The number of aromatic nitrogens is 2. The molecule has 0 saturated carbocycles. The van der Waals surface area contributed by atoms with Crippen LogP contribution in [0, 0.1) is 0 Å². The van der Waals surface area contributed by atoms with Crippen LogP contribution in [0.3, 0.4) is 0 Å². The summed E-state index contributed by atoms with van der Waals surface area (Å²) in [6.07, 6.45) is 4.61. The second-order valence-corrected chi connectivity index (χ2v) is 5.70. The van der Waals surface area contributed by atoms with Crippen LogP contribution in [0.2, 0.25) is 0 Å². The number of aromatic amines is 1. The SMILES string of the molecule is CC.O=C1CCC(COc2nccc3cc4c(=O)[nH]ccc4cc23)N1. The fraction of sp³-hybridized carbons (Fsp3) is 0.316. The van der Waals surface area contributed by atoms with E-state index in [0.717, 1.165) is 22.6 Å². The van der Waals surface area contributed by atoms with Gasteiger partial charge in [0.15, 0.2) is 0 Å². The van der Waals surface area contributed by atoms with Crippen molar-refractivity contribution >= 4 is 27.5 Å². The summed E-state index contributed by atoms with van der Waals surface area (Å²) in [6, 6.07) is 7.49. The zero-order chi connectivity index (χ0) is 17.8. The number of hydrogen-bond donors (Lipinski definition) is 2. The van der Waals surface area contributed by atoms with Crippen molar-refractivity contribution in [3.63, 3.8) is 0 Å². The molecule has 0 aliphatic carbocycles. The van der Waals surface area contributed by atoms with Crippen molar-refractivity contribution in [2.45, 2.75) is 32.7 Å². The molecule has 1 amide bonds. The van der Waals surface area contributed by atoms with E-state index in [0.29, 0.717) is 24.3 Å². The summed E-state index contributed by atoms with van der Waals surface area (Å²) in [7, 11) is 0. The molecule has 2 aromatic heterocycles. The van der Waals surface area contributed by atoms with E-state index < -0.39 is 0 Å². The Bertz CT molecular complexity index is 965. The fourth-order valence-corrected chi connectivity index (χ4v) is 2.93. The lowest BCUT2D eigenvalue weighted by Crippen LogP contribution is -2.31. The van der Waals surface area contributed by atoms with Crippen molar-refractivity contribution in [3.8, 4) is 5.88 Å². The number of fused-ring (bicyclic) bond motifs is 2. The van der Waals surface area contributed by atoms with Gasteiger partial charge in [0.2, 0.25) is 11.8 Å². The molecule has 1 atom stereocenters. The summed E-state index contributed by atoms with van der Waals surface area (Å²) in [6.45, 7) is 4.39. The third-order valence-corrected chi connectivity index (χ3v) is 4.13. The summed E-state index contributed by atoms with van der Waals surface area (Å²) in [5.41, 5.74) is -0.114. The smallest absolute Gasteiger partial charge is 0.255 e. The normalized spacial score (nSPS) is 16.4. The number of pyridine rings is 2. The van der Waals surface area contributed by atoms with E-state index >= 15 is 0 Å². The average molecular weight is 339 g/mol. The molecule has 1 aliphatic rings. The van der Waals surface area contributed by atoms with Crippen molar-refractivity contribution in [2.75, 3.05) is 6.61 Å². The predicted octanol–water partition coefficient (Wildman–Crippen LogP) is 2.76. The lowest BCUT2D eigenvalue weighted by molar-refractivity contribution is -0.119. The fourth-order valence-electron chi connectivity index (χ4n) is 2.93. The number of nitrogens with zero attached hydrogens (tertiary/aromatic N) is 1. The van der Waals surface area contributed by atoms with Gasteiger partial charge in [-0.05, 0) is 41.5 Å². The minimum absolute atomic E-state index is 0.0304. The van der Waals surface area contributed by atoms with Gasteiger partial charge in [-0.3, -0.25) is 9.59 Å². The number of H-pyrrole nitrogens is 1. The number of benzene rings is 1. The highest BCUT2D eigenvalue weighted by Crippen LogP contribution is 2.27. The highest BCUT2D eigenvalue weighted by atomic mass is 16.5. The third kappa shape index (κ3) is 3.47. The average Bonchev–Trinajstić information content (AvgIpc) is 3.06. The van der Waals surface area contributed by atoms with Crippen LogP contribution in [-0.4, -0.2) is 28.5 Å². The van der Waals surface area contributed by atoms with Crippen LogP contribution in [0.1, 0.15) is 26.7 Å². The molecule has 0 spiro atoms. The molecule has 25 heavy (non-hydrogen) atoms.